The van der Waals surface area contributed by atoms with Crippen molar-refractivity contribution in [3.63, 3.8) is 0 Å². The molecule has 1 aromatic rings. The number of carbonyl (C=O) groups excluding carboxylic acids is 1. The van der Waals surface area contributed by atoms with Crippen LogP contribution >= 0.6 is 0 Å². The van der Waals surface area contributed by atoms with Crippen molar-refractivity contribution in [1.29, 1.82) is 0 Å². The molecule has 3 nitrogen and oxygen atoms in total. The van der Waals surface area contributed by atoms with Gasteiger partial charge >= 0.3 is 0 Å². The number of rotatable bonds is 2. The average molecular weight is 251 g/mol. The Labute approximate surface area is 107 Å². The van der Waals surface area contributed by atoms with Gasteiger partial charge in [-0.05, 0) is 31.4 Å². The molecule has 1 aromatic carbocycles. The van der Waals surface area contributed by atoms with Gasteiger partial charge in [-0.1, -0.05) is 12.1 Å². The molecule has 0 aromatic heterocycles. The van der Waals surface area contributed by atoms with Gasteiger partial charge in [-0.25, -0.2) is 4.39 Å². The first-order chi connectivity index (χ1) is 8.63. The molecular weight excluding hydrogens is 233 g/mol. The van der Waals surface area contributed by atoms with Crippen LogP contribution in [0.25, 0.3) is 0 Å². The van der Waals surface area contributed by atoms with E-state index in [1.165, 1.54) is 0 Å². The normalized spacial score (nSPS) is 19.9. The Balaban J connectivity index is 2.18. The molecule has 2 rings (SSSR count). The second-order valence-corrected chi connectivity index (χ2v) is 4.69. The van der Waals surface area contributed by atoms with Gasteiger partial charge in [0.1, 0.15) is 5.82 Å². The third-order valence-corrected chi connectivity index (χ3v) is 3.42. The number of ether oxygens (including phenoxy) is 1. The lowest BCUT2D eigenvalue weighted by Crippen LogP contribution is -2.43. The third-order valence-electron chi connectivity index (χ3n) is 3.42. The number of nitrogens with zero attached hydrogens (tertiary/aromatic N) is 1. The maximum Gasteiger partial charge on any atom is 0.256 e. The van der Waals surface area contributed by atoms with E-state index in [1.54, 1.807) is 37.1 Å². The molecule has 0 N–H and O–H groups in total. The molecule has 4 heteroatoms. The van der Waals surface area contributed by atoms with Crippen molar-refractivity contribution in [2.45, 2.75) is 25.9 Å². The van der Waals surface area contributed by atoms with E-state index in [4.69, 9.17) is 4.74 Å². The minimum absolute atomic E-state index is 0.0653. The molecule has 1 aliphatic rings. The molecule has 1 saturated heterocycles. The number of carbonyl (C=O) groups is 1. The van der Waals surface area contributed by atoms with Gasteiger partial charge in [0.25, 0.3) is 5.91 Å². The predicted molar refractivity (Wildman–Crippen MR) is 67.1 cm³/mol. The summed E-state index contributed by atoms with van der Waals surface area (Å²) in [5.74, 6) is -0.653. The molecule has 1 fully saturated rings. The number of likely N-dealkylation sites (tertiary alicyclic amines) is 1. The molecule has 0 radical (unpaired) electrons. The van der Waals surface area contributed by atoms with Crippen molar-refractivity contribution in [2.24, 2.45) is 0 Å². The smallest absolute Gasteiger partial charge is 0.256 e. The summed E-state index contributed by atoms with van der Waals surface area (Å²) in [4.78, 5) is 13.9. The van der Waals surface area contributed by atoms with Gasteiger partial charge in [-0.15, -0.1) is 0 Å². The summed E-state index contributed by atoms with van der Waals surface area (Å²) < 4.78 is 19.2. The summed E-state index contributed by atoms with van der Waals surface area (Å²) in [6.07, 6.45) is 1.92. The molecule has 98 valence electrons. The Morgan fingerprint density at radius 3 is 3.00 bits per heavy atom. The van der Waals surface area contributed by atoms with E-state index in [2.05, 4.69) is 0 Å². The van der Waals surface area contributed by atoms with E-state index < -0.39 is 5.82 Å². The minimum atomic E-state index is -0.415. The monoisotopic (exact) mass is 251 g/mol. The van der Waals surface area contributed by atoms with Crippen molar-refractivity contribution in [3.05, 3.63) is 35.1 Å². The SMILES string of the molecule is COC1CCCN(C(=O)c2cccc(C)c2F)C1. The number of hydrogen-bond donors (Lipinski definition) is 0. The van der Waals surface area contributed by atoms with E-state index in [1.807, 2.05) is 0 Å². The highest BCUT2D eigenvalue weighted by Gasteiger charge is 2.26. The zero-order valence-corrected chi connectivity index (χ0v) is 10.8. The molecule has 0 saturated carbocycles. The number of hydrogen-bond acceptors (Lipinski definition) is 2. The van der Waals surface area contributed by atoms with E-state index in [0.717, 1.165) is 12.8 Å². The molecule has 0 aliphatic carbocycles. The summed E-state index contributed by atoms with van der Waals surface area (Å²) in [6, 6.07) is 4.92. The third kappa shape index (κ3) is 2.53. The Morgan fingerprint density at radius 2 is 2.28 bits per heavy atom. The van der Waals surface area contributed by atoms with Gasteiger partial charge in [0.15, 0.2) is 0 Å². The number of benzene rings is 1. The van der Waals surface area contributed by atoms with E-state index in [9.17, 15) is 9.18 Å². The standard InChI is InChI=1S/C14H18FNO2/c1-10-5-3-7-12(13(10)15)14(17)16-8-4-6-11(9-16)18-2/h3,5,7,11H,4,6,8-9H2,1-2H3. The summed E-state index contributed by atoms with van der Waals surface area (Å²) >= 11 is 0. The Bertz CT molecular complexity index is 447. The molecule has 0 bridgehead atoms. The van der Waals surface area contributed by atoms with Crippen LogP contribution in [0, 0.1) is 12.7 Å². The highest BCUT2D eigenvalue weighted by atomic mass is 19.1. The Morgan fingerprint density at radius 1 is 1.50 bits per heavy atom. The van der Waals surface area contributed by atoms with Crippen LogP contribution in [0.2, 0.25) is 0 Å². The van der Waals surface area contributed by atoms with Crippen molar-refractivity contribution in [2.75, 3.05) is 20.2 Å². The van der Waals surface area contributed by atoms with Crippen molar-refractivity contribution in [3.8, 4) is 0 Å². The topological polar surface area (TPSA) is 29.5 Å². The molecule has 0 spiro atoms. The van der Waals surface area contributed by atoms with Crippen LogP contribution in [0.15, 0.2) is 18.2 Å². The second-order valence-electron chi connectivity index (χ2n) is 4.69. The first kappa shape index (κ1) is 13.0. The maximum absolute atomic E-state index is 13.9. The maximum atomic E-state index is 13.9. The van der Waals surface area contributed by atoms with E-state index >= 15 is 0 Å². The molecule has 1 heterocycles. The van der Waals surface area contributed by atoms with Gasteiger partial charge in [0, 0.05) is 20.2 Å². The fourth-order valence-corrected chi connectivity index (χ4v) is 2.30. The first-order valence-corrected chi connectivity index (χ1v) is 6.20. The van der Waals surface area contributed by atoms with Crippen LogP contribution in [-0.4, -0.2) is 37.1 Å². The molecule has 1 aliphatic heterocycles. The van der Waals surface area contributed by atoms with E-state index in [-0.39, 0.29) is 17.6 Å². The lowest BCUT2D eigenvalue weighted by atomic mass is 10.1. The molecule has 18 heavy (non-hydrogen) atoms. The number of halogens is 1. The highest BCUT2D eigenvalue weighted by Crippen LogP contribution is 2.18. The fraction of sp³-hybridized carbons (Fsp3) is 0.500. The van der Waals surface area contributed by atoms with Gasteiger partial charge in [-0.3, -0.25) is 4.79 Å². The van der Waals surface area contributed by atoms with Crippen LogP contribution in [0.4, 0.5) is 4.39 Å². The number of amides is 1. The highest BCUT2D eigenvalue weighted by molar-refractivity contribution is 5.94. The van der Waals surface area contributed by atoms with Crippen molar-refractivity contribution >= 4 is 5.91 Å². The molecular formula is C14H18FNO2. The quantitative estimate of drug-likeness (QED) is 0.807. The molecule has 1 atom stereocenters. The summed E-state index contributed by atoms with van der Waals surface area (Å²) in [6.45, 7) is 2.88. The van der Waals surface area contributed by atoms with Crippen LogP contribution in [0.1, 0.15) is 28.8 Å². The second kappa shape index (κ2) is 5.48. The van der Waals surface area contributed by atoms with Crippen LogP contribution in [-0.2, 0) is 4.74 Å². The zero-order chi connectivity index (χ0) is 13.1. The fourth-order valence-electron chi connectivity index (χ4n) is 2.30. The van der Waals surface area contributed by atoms with Crippen LogP contribution < -0.4 is 0 Å². The van der Waals surface area contributed by atoms with Gasteiger partial charge < -0.3 is 9.64 Å². The number of methoxy groups -OCH3 is 1. The van der Waals surface area contributed by atoms with Crippen LogP contribution in [0.5, 0.6) is 0 Å². The predicted octanol–water partition coefficient (Wildman–Crippen LogP) is 2.39. The molecule has 1 amide bonds. The zero-order valence-electron chi connectivity index (χ0n) is 10.8. The van der Waals surface area contributed by atoms with Crippen LogP contribution in [0.3, 0.4) is 0 Å². The van der Waals surface area contributed by atoms with Gasteiger partial charge in [-0.2, -0.15) is 0 Å². The van der Waals surface area contributed by atoms with E-state index in [0.29, 0.717) is 18.7 Å². The van der Waals surface area contributed by atoms with Crippen molar-refractivity contribution < 1.29 is 13.9 Å². The summed E-state index contributed by atoms with van der Waals surface area (Å²) in [5, 5.41) is 0. The van der Waals surface area contributed by atoms with Gasteiger partial charge in [0.2, 0.25) is 0 Å². The number of aryl methyl sites for hydroxylation is 1. The minimum Gasteiger partial charge on any atom is -0.380 e. The molecule has 1 unspecified atom stereocenters. The summed E-state index contributed by atoms with van der Waals surface area (Å²) in [5.41, 5.74) is 0.660. The Hall–Kier alpha value is -1.42. The largest absolute Gasteiger partial charge is 0.380 e. The lowest BCUT2D eigenvalue weighted by Gasteiger charge is -2.32. The first-order valence-electron chi connectivity index (χ1n) is 6.20. The lowest BCUT2D eigenvalue weighted by molar-refractivity contribution is 0.0266. The summed E-state index contributed by atoms with van der Waals surface area (Å²) in [7, 11) is 1.64. The Kier molecular flexibility index (Phi) is 3.97. The average Bonchev–Trinajstić information content (AvgIpc) is 2.41. The van der Waals surface area contributed by atoms with Crippen molar-refractivity contribution in [1.82, 2.24) is 4.90 Å². The van der Waals surface area contributed by atoms with Gasteiger partial charge in [0.05, 0.1) is 11.7 Å². The number of piperidine rings is 1.